The van der Waals surface area contributed by atoms with Crippen LogP contribution in [0.3, 0.4) is 0 Å². The zero-order valence-corrected chi connectivity index (χ0v) is 16.2. The molecule has 142 valence electrons. The van der Waals surface area contributed by atoms with E-state index in [0.717, 1.165) is 44.5 Å². The molecule has 4 aromatic rings. The van der Waals surface area contributed by atoms with E-state index in [4.69, 9.17) is 0 Å². The SMILES string of the molecule is O=C1C(=O)C2c3ccc(-c4ccccc4)cc3C1c1ccc(-c3ccccc3)cc12. The third kappa shape index (κ3) is 2.37. The summed E-state index contributed by atoms with van der Waals surface area (Å²) in [5.74, 6) is -1.56. The largest absolute Gasteiger partial charge is 0.290 e. The second-order valence-electron chi connectivity index (χ2n) is 8.01. The first-order chi connectivity index (χ1) is 14.7. The van der Waals surface area contributed by atoms with Gasteiger partial charge in [0.15, 0.2) is 0 Å². The van der Waals surface area contributed by atoms with Crippen LogP contribution in [0.1, 0.15) is 34.1 Å². The molecule has 0 saturated heterocycles. The highest BCUT2D eigenvalue weighted by Crippen LogP contribution is 2.51. The van der Waals surface area contributed by atoms with Gasteiger partial charge in [0, 0.05) is 0 Å². The van der Waals surface area contributed by atoms with E-state index in [1.165, 1.54) is 0 Å². The molecular formula is C28H18O2. The lowest BCUT2D eigenvalue weighted by Crippen LogP contribution is -2.40. The Bertz CT molecular complexity index is 1210. The van der Waals surface area contributed by atoms with Crippen molar-refractivity contribution in [2.75, 3.05) is 0 Å². The first kappa shape index (κ1) is 17.1. The minimum absolute atomic E-state index is 0.280. The summed E-state index contributed by atoms with van der Waals surface area (Å²) in [6.07, 6.45) is 0. The van der Waals surface area contributed by atoms with Crippen molar-refractivity contribution >= 4 is 11.6 Å². The van der Waals surface area contributed by atoms with Crippen LogP contribution < -0.4 is 0 Å². The minimum Gasteiger partial charge on any atom is -0.290 e. The maximum absolute atomic E-state index is 13.0. The van der Waals surface area contributed by atoms with Crippen molar-refractivity contribution in [3.05, 3.63) is 119 Å². The highest BCUT2D eigenvalue weighted by Gasteiger charge is 2.48. The molecule has 0 fully saturated rings. The van der Waals surface area contributed by atoms with Gasteiger partial charge in [0.1, 0.15) is 0 Å². The Balaban J connectivity index is 1.53. The summed E-state index contributed by atoms with van der Waals surface area (Å²) in [6, 6.07) is 32.7. The third-order valence-corrected chi connectivity index (χ3v) is 6.40. The van der Waals surface area contributed by atoms with Gasteiger partial charge in [-0.05, 0) is 56.6 Å². The lowest BCUT2D eigenvalue weighted by molar-refractivity contribution is -0.138. The molecule has 0 heterocycles. The predicted molar refractivity (Wildman–Crippen MR) is 117 cm³/mol. The molecule has 0 aliphatic heterocycles. The molecule has 2 atom stereocenters. The van der Waals surface area contributed by atoms with Crippen LogP contribution in [0.5, 0.6) is 0 Å². The molecule has 0 saturated carbocycles. The van der Waals surface area contributed by atoms with Gasteiger partial charge < -0.3 is 0 Å². The maximum Gasteiger partial charge on any atom is 0.211 e. The highest BCUT2D eigenvalue weighted by atomic mass is 16.2. The van der Waals surface area contributed by atoms with Crippen LogP contribution in [0, 0.1) is 0 Å². The molecular weight excluding hydrogens is 368 g/mol. The van der Waals surface area contributed by atoms with E-state index in [1.807, 2.05) is 48.5 Å². The standard InChI is InChI=1S/C28H18O2/c29-27-25-22-14-12-20(18-9-5-2-6-10-18)16-24(22)26(28(27)30)21-13-11-19(15-23(21)25)17-7-3-1-4-8-17/h1-16,25-26H. The molecule has 30 heavy (non-hydrogen) atoms. The lowest BCUT2D eigenvalue weighted by atomic mass is 9.62. The third-order valence-electron chi connectivity index (χ3n) is 6.40. The van der Waals surface area contributed by atoms with Gasteiger partial charge in [0.2, 0.25) is 11.6 Å². The maximum atomic E-state index is 13.0. The van der Waals surface area contributed by atoms with Crippen molar-refractivity contribution in [3.8, 4) is 22.3 Å². The number of carbonyl (C=O) groups excluding carboxylic acids is 2. The number of rotatable bonds is 2. The van der Waals surface area contributed by atoms with Crippen molar-refractivity contribution in [2.24, 2.45) is 0 Å². The summed E-state index contributed by atoms with van der Waals surface area (Å²) in [5, 5.41) is 0. The van der Waals surface area contributed by atoms with Gasteiger partial charge in [-0.25, -0.2) is 0 Å². The summed E-state index contributed by atoms with van der Waals surface area (Å²) in [4.78, 5) is 25.9. The summed E-state index contributed by atoms with van der Waals surface area (Å²) < 4.78 is 0. The monoisotopic (exact) mass is 386 g/mol. The fraction of sp³-hybridized carbons (Fsp3) is 0.0714. The zero-order chi connectivity index (χ0) is 20.2. The molecule has 2 heteroatoms. The Morgan fingerprint density at radius 1 is 0.400 bits per heavy atom. The van der Waals surface area contributed by atoms with E-state index in [1.54, 1.807) is 0 Å². The van der Waals surface area contributed by atoms with Gasteiger partial charge in [-0.1, -0.05) is 84.9 Å². The lowest BCUT2D eigenvalue weighted by Gasteiger charge is -2.38. The van der Waals surface area contributed by atoms with Crippen molar-refractivity contribution < 1.29 is 9.59 Å². The van der Waals surface area contributed by atoms with Crippen LogP contribution in [-0.2, 0) is 9.59 Å². The van der Waals surface area contributed by atoms with Gasteiger partial charge in [-0.3, -0.25) is 9.59 Å². The van der Waals surface area contributed by atoms with E-state index in [9.17, 15) is 9.59 Å². The fourth-order valence-corrected chi connectivity index (χ4v) is 4.98. The van der Waals surface area contributed by atoms with E-state index in [-0.39, 0.29) is 11.6 Å². The number of benzene rings is 4. The van der Waals surface area contributed by atoms with Crippen molar-refractivity contribution in [3.63, 3.8) is 0 Å². The van der Waals surface area contributed by atoms with E-state index >= 15 is 0 Å². The molecule has 2 bridgehead atoms. The highest BCUT2D eigenvalue weighted by molar-refractivity contribution is 6.45. The van der Waals surface area contributed by atoms with E-state index in [0.29, 0.717) is 0 Å². The number of hydrogen-bond donors (Lipinski definition) is 0. The molecule has 0 amide bonds. The molecule has 0 spiro atoms. The van der Waals surface area contributed by atoms with Gasteiger partial charge in [-0.2, -0.15) is 0 Å². The Morgan fingerprint density at radius 2 is 0.800 bits per heavy atom. The molecule has 2 unspecified atom stereocenters. The smallest absolute Gasteiger partial charge is 0.211 e. The molecule has 7 rings (SSSR count). The normalized spacial score (nSPS) is 18.8. The van der Waals surface area contributed by atoms with Gasteiger partial charge >= 0.3 is 0 Å². The summed E-state index contributed by atoms with van der Waals surface area (Å²) in [7, 11) is 0. The number of ketones is 2. The Morgan fingerprint density at radius 3 is 1.20 bits per heavy atom. The number of fused-ring (bicyclic) bond motifs is 1. The van der Waals surface area contributed by atoms with Crippen LogP contribution in [0.4, 0.5) is 0 Å². The average molecular weight is 386 g/mol. The molecule has 2 nitrogen and oxygen atoms in total. The second-order valence-corrected chi connectivity index (χ2v) is 8.01. The summed E-state index contributed by atoms with van der Waals surface area (Å²) in [6.45, 7) is 0. The Hall–Kier alpha value is -3.78. The van der Waals surface area contributed by atoms with Crippen molar-refractivity contribution in [2.45, 2.75) is 11.8 Å². The quantitative estimate of drug-likeness (QED) is 0.411. The first-order valence-corrected chi connectivity index (χ1v) is 10.2. The molecule has 0 aromatic heterocycles. The van der Waals surface area contributed by atoms with Crippen molar-refractivity contribution in [1.29, 1.82) is 0 Å². The van der Waals surface area contributed by atoms with Crippen molar-refractivity contribution in [1.82, 2.24) is 0 Å². The zero-order valence-electron chi connectivity index (χ0n) is 16.2. The first-order valence-electron chi connectivity index (χ1n) is 10.2. The molecule has 0 N–H and O–H groups in total. The van der Waals surface area contributed by atoms with Gasteiger partial charge in [0.05, 0.1) is 11.8 Å². The Kier molecular flexibility index (Phi) is 3.63. The predicted octanol–water partition coefficient (Wildman–Crippen LogP) is 5.75. The Labute approximate surface area is 174 Å². The van der Waals surface area contributed by atoms with Crippen LogP contribution in [0.2, 0.25) is 0 Å². The number of carbonyl (C=O) groups is 2. The molecule has 3 aliphatic rings. The topological polar surface area (TPSA) is 34.1 Å². The van der Waals surface area contributed by atoms with Crippen LogP contribution >= 0.6 is 0 Å². The number of hydrogen-bond acceptors (Lipinski definition) is 2. The minimum atomic E-state index is -0.499. The number of Topliss-reactive ketones (excluding diaryl/α,β-unsaturated/α-hetero) is 2. The van der Waals surface area contributed by atoms with E-state index in [2.05, 4.69) is 48.5 Å². The van der Waals surface area contributed by atoms with Gasteiger partial charge in [0.25, 0.3) is 0 Å². The van der Waals surface area contributed by atoms with Gasteiger partial charge in [-0.15, -0.1) is 0 Å². The van der Waals surface area contributed by atoms with Crippen LogP contribution in [0.25, 0.3) is 22.3 Å². The van der Waals surface area contributed by atoms with Crippen LogP contribution in [-0.4, -0.2) is 11.6 Å². The molecule has 4 aromatic carbocycles. The van der Waals surface area contributed by atoms with Crippen LogP contribution in [0.15, 0.2) is 97.1 Å². The fourth-order valence-electron chi connectivity index (χ4n) is 4.98. The molecule has 0 radical (unpaired) electrons. The average Bonchev–Trinajstić information content (AvgIpc) is 2.81. The summed E-state index contributed by atoms with van der Waals surface area (Å²) >= 11 is 0. The summed E-state index contributed by atoms with van der Waals surface area (Å²) in [5.41, 5.74) is 8.27. The second kappa shape index (κ2) is 6.36. The van der Waals surface area contributed by atoms with E-state index < -0.39 is 11.8 Å². The molecule has 3 aliphatic carbocycles.